The highest BCUT2D eigenvalue weighted by molar-refractivity contribution is 6.63. The Morgan fingerprint density at radius 3 is 2.38 bits per heavy atom. The van der Waals surface area contributed by atoms with Crippen LogP contribution >= 0.6 is 11.6 Å². The number of carbonyl (C=O) groups is 1. The predicted molar refractivity (Wildman–Crippen MR) is 61.6 cm³/mol. The number of aryl methyl sites for hydroxylation is 1. The molecule has 1 rings (SSSR count). The summed E-state index contributed by atoms with van der Waals surface area (Å²) in [5, 5.41) is -0.245. The van der Waals surface area contributed by atoms with Crippen LogP contribution in [0.25, 0.3) is 0 Å². The Balaban J connectivity index is 0.00000144. The van der Waals surface area contributed by atoms with Crippen LogP contribution in [0.2, 0.25) is 0 Å². The minimum Gasteiger partial charge on any atom is -0.281 e. The Labute approximate surface area is 88.1 Å². The fourth-order valence-corrected chi connectivity index (χ4v) is 1.21. The molecule has 0 atom stereocenters. The first kappa shape index (κ1) is 12.4. The van der Waals surface area contributed by atoms with E-state index in [2.05, 4.69) is 12.1 Å². The summed E-state index contributed by atoms with van der Waals surface area (Å²) in [5.74, 6) is 0. The Hall–Kier alpha value is -0.603. The molecule has 0 aliphatic heterocycles. The van der Waals surface area contributed by atoms with Crippen molar-refractivity contribution in [1.82, 2.24) is 0 Å². The molecule has 0 amide bonds. The maximum Gasteiger partial charge on any atom is 0.221 e. The van der Waals surface area contributed by atoms with E-state index < -0.39 is 0 Å². The number of halogens is 1. The molecule has 13 heavy (non-hydrogen) atoms. The molecule has 0 spiro atoms. The Bertz CT molecular complexity index is 248. The van der Waals surface area contributed by atoms with Crippen LogP contribution in [0, 0.1) is 0 Å². The van der Waals surface area contributed by atoms with Gasteiger partial charge in [0, 0.05) is 6.42 Å². The zero-order valence-electron chi connectivity index (χ0n) is 6.79. The lowest BCUT2D eigenvalue weighted by atomic mass is 10.1. The van der Waals surface area contributed by atoms with Crippen molar-refractivity contribution in [3.05, 3.63) is 35.9 Å². The quantitative estimate of drug-likeness (QED) is 0.546. The third-order valence-corrected chi connectivity index (χ3v) is 1.87. The average Bonchev–Trinajstić information content (AvgIpc) is 2.05. The first-order valence-corrected chi connectivity index (χ1v) is 4.39. The van der Waals surface area contributed by atoms with Crippen molar-refractivity contribution in [2.45, 2.75) is 19.3 Å². The molecule has 0 aliphatic rings. The predicted octanol–water partition coefficient (Wildman–Crippen LogP) is 1.32. The molecule has 1 aromatic carbocycles. The van der Waals surface area contributed by atoms with Gasteiger partial charge in [-0.3, -0.25) is 4.79 Å². The molecular weight excluding hydrogens is 200 g/mol. The van der Waals surface area contributed by atoms with Crippen LogP contribution in [0.5, 0.6) is 0 Å². The summed E-state index contributed by atoms with van der Waals surface area (Å²) in [6.45, 7) is 0. The van der Waals surface area contributed by atoms with Gasteiger partial charge in [-0.25, -0.2) is 0 Å². The van der Waals surface area contributed by atoms with E-state index in [9.17, 15) is 4.79 Å². The average molecular weight is 215 g/mol. The standard InChI is InChI=1S/C10H11ClO.H4Si/c11-10(12)8-4-7-9-5-2-1-3-6-9;/h1-3,5-6H,4,7-8H2;1H4. The zero-order valence-corrected chi connectivity index (χ0v) is 7.55. The lowest BCUT2D eigenvalue weighted by molar-refractivity contribution is -0.111. The molecule has 0 unspecified atom stereocenters. The van der Waals surface area contributed by atoms with Crippen molar-refractivity contribution in [3.63, 3.8) is 0 Å². The van der Waals surface area contributed by atoms with Gasteiger partial charge in [0.2, 0.25) is 5.24 Å². The van der Waals surface area contributed by atoms with Gasteiger partial charge in [0.25, 0.3) is 0 Å². The number of carbonyl (C=O) groups excluding carboxylic acids is 1. The van der Waals surface area contributed by atoms with E-state index in [-0.39, 0.29) is 16.2 Å². The maximum absolute atomic E-state index is 10.4. The molecule has 0 heterocycles. The molecule has 0 bridgehead atoms. The van der Waals surface area contributed by atoms with E-state index in [1.54, 1.807) is 0 Å². The molecule has 0 fully saturated rings. The lowest BCUT2D eigenvalue weighted by Crippen LogP contribution is -1.89. The topological polar surface area (TPSA) is 17.1 Å². The smallest absolute Gasteiger partial charge is 0.221 e. The van der Waals surface area contributed by atoms with Gasteiger partial charge in [-0.2, -0.15) is 0 Å². The first-order chi connectivity index (χ1) is 5.79. The van der Waals surface area contributed by atoms with Crippen molar-refractivity contribution in [2.24, 2.45) is 0 Å². The Morgan fingerprint density at radius 2 is 1.85 bits per heavy atom. The molecule has 3 heteroatoms. The van der Waals surface area contributed by atoms with E-state index in [4.69, 9.17) is 11.6 Å². The highest BCUT2D eigenvalue weighted by Crippen LogP contribution is 2.05. The molecule has 0 radical (unpaired) electrons. The van der Waals surface area contributed by atoms with Crippen LogP contribution in [-0.4, -0.2) is 16.2 Å². The molecule has 1 aromatic rings. The van der Waals surface area contributed by atoms with Gasteiger partial charge in [0.1, 0.15) is 0 Å². The van der Waals surface area contributed by atoms with Gasteiger partial charge in [0.15, 0.2) is 0 Å². The fraction of sp³-hybridized carbons (Fsp3) is 0.300. The Kier molecular flexibility index (Phi) is 6.55. The third kappa shape index (κ3) is 5.61. The molecule has 0 aromatic heterocycles. The first-order valence-electron chi connectivity index (χ1n) is 4.01. The van der Waals surface area contributed by atoms with Crippen LogP contribution in [0.3, 0.4) is 0 Å². The van der Waals surface area contributed by atoms with Gasteiger partial charge in [0.05, 0.1) is 0 Å². The van der Waals surface area contributed by atoms with Crippen molar-refractivity contribution in [2.75, 3.05) is 0 Å². The van der Waals surface area contributed by atoms with E-state index in [1.165, 1.54) is 5.56 Å². The molecule has 0 aliphatic carbocycles. The molecule has 0 N–H and O–H groups in total. The minimum atomic E-state index is -0.245. The lowest BCUT2D eigenvalue weighted by Gasteiger charge is -1.97. The number of benzene rings is 1. The molecule has 0 saturated carbocycles. The zero-order chi connectivity index (χ0) is 8.81. The van der Waals surface area contributed by atoms with Crippen LogP contribution in [-0.2, 0) is 11.2 Å². The number of rotatable bonds is 4. The highest BCUT2D eigenvalue weighted by atomic mass is 35.5. The second-order valence-electron chi connectivity index (χ2n) is 2.69. The van der Waals surface area contributed by atoms with Crippen molar-refractivity contribution in [1.29, 1.82) is 0 Å². The molecule has 0 saturated heterocycles. The van der Waals surface area contributed by atoms with Gasteiger partial charge in [-0.1, -0.05) is 30.3 Å². The summed E-state index contributed by atoms with van der Waals surface area (Å²) in [6, 6.07) is 10.1. The van der Waals surface area contributed by atoms with Crippen molar-refractivity contribution < 1.29 is 4.79 Å². The minimum absolute atomic E-state index is 0. The summed E-state index contributed by atoms with van der Waals surface area (Å²) in [5.41, 5.74) is 1.26. The molecule has 1 nitrogen and oxygen atoms in total. The third-order valence-electron chi connectivity index (χ3n) is 1.68. The van der Waals surface area contributed by atoms with E-state index in [1.807, 2.05) is 18.2 Å². The van der Waals surface area contributed by atoms with Gasteiger partial charge < -0.3 is 0 Å². The highest BCUT2D eigenvalue weighted by Gasteiger charge is 1.96. The normalized spacial score (nSPS) is 9.00. The van der Waals surface area contributed by atoms with Crippen LogP contribution < -0.4 is 0 Å². The molecule has 72 valence electrons. The van der Waals surface area contributed by atoms with Crippen LogP contribution in [0.1, 0.15) is 18.4 Å². The Morgan fingerprint density at radius 1 is 1.23 bits per heavy atom. The number of hydrogen-bond donors (Lipinski definition) is 0. The summed E-state index contributed by atoms with van der Waals surface area (Å²) in [4.78, 5) is 10.4. The summed E-state index contributed by atoms with van der Waals surface area (Å²) >= 11 is 5.21. The van der Waals surface area contributed by atoms with E-state index in [0.29, 0.717) is 6.42 Å². The summed E-state index contributed by atoms with van der Waals surface area (Å²) < 4.78 is 0. The largest absolute Gasteiger partial charge is 0.281 e. The molecular formula is C10H15ClOSi. The number of hydrogen-bond acceptors (Lipinski definition) is 1. The van der Waals surface area contributed by atoms with Crippen LogP contribution in [0.15, 0.2) is 30.3 Å². The van der Waals surface area contributed by atoms with Gasteiger partial charge in [-0.15, -0.1) is 0 Å². The van der Waals surface area contributed by atoms with E-state index in [0.717, 1.165) is 12.8 Å². The van der Waals surface area contributed by atoms with Gasteiger partial charge in [-0.05, 0) is 41.0 Å². The van der Waals surface area contributed by atoms with Crippen LogP contribution in [0.4, 0.5) is 0 Å². The fourth-order valence-electron chi connectivity index (χ4n) is 1.08. The van der Waals surface area contributed by atoms with Gasteiger partial charge >= 0.3 is 0 Å². The summed E-state index contributed by atoms with van der Waals surface area (Å²) in [7, 11) is 0. The SMILES string of the molecule is O=C(Cl)CCCc1ccccc1.[SiH4]. The van der Waals surface area contributed by atoms with Crippen molar-refractivity contribution >= 4 is 27.8 Å². The second kappa shape index (κ2) is 6.86. The second-order valence-corrected chi connectivity index (χ2v) is 3.12. The monoisotopic (exact) mass is 214 g/mol. The van der Waals surface area contributed by atoms with Crippen molar-refractivity contribution in [3.8, 4) is 0 Å². The van der Waals surface area contributed by atoms with E-state index >= 15 is 0 Å². The summed E-state index contributed by atoms with van der Waals surface area (Å²) in [6.07, 6.45) is 2.24. The maximum atomic E-state index is 10.4.